The van der Waals surface area contributed by atoms with E-state index in [1.165, 1.54) is 9.80 Å². The van der Waals surface area contributed by atoms with E-state index in [9.17, 15) is 14.4 Å². The summed E-state index contributed by atoms with van der Waals surface area (Å²) in [5, 5.41) is 3.09. The summed E-state index contributed by atoms with van der Waals surface area (Å²) < 4.78 is 0.778. The average Bonchev–Trinajstić information content (AvgIpc) is 3.25. The van der Waals surface area contributed by atoms with Gasteiger partial charge in [0.05, 0.1) is 0 Å². The first-order valence-electron chi connectivity index (χ1n) is 11.3. The number of carbonyl (C=O) groups excluding carboxylic acids is 3. The molecule has 2 aromatic rings. The van der Waals surface area contributed by atoms with Crippen molar-refractivity contribution in [2.45, 2.75) is 50.9 Å². The van der Waals surface area contributed by atoms with Gasteiger partial charge in [-0.3, -0.25) is 14.4 Å². The van der Waals surface area contributed by atoms with Gasteiger partial charge in [-0.2, -0.15) is 0 Å². The molecule has 3 N–H and O–H groups in total. The number of carbonyl (C=O) groups is 3. The van der Waals surface area contributed by atoms with Crippen LogP contribution in [0, 0.1) is 6.92 Å². The molecule has 4 rings (SSSR count). The van der Waals surface area contributed by atoms with Crippen LogP contribution in [-0.2, 0) is 4.79 Å². The third kappa shape index (κ3) is 5.28. The first-order chi connectivity index (χ1) is 15.8. The van der Waals surface area contributed by atoms with Crippen molar-refractivity contribution in [3.8, 4) is 0 Å². The Morgan fingerprint density at radius 3 is 2.06 bits per heavy atom. The Bertz CT molecular complexity index is 986. The van der Waals surface area contributed by atoms with Gasteiger partial charge in [0.2, 0.25) is 0 Å². The summed E-state index contributed by atoms with van der Waals surface area (Å²) in [5.74, 6) is -0.854. The third-order valence-corrected chi connectivity index (χ3v) is 6.88. The van der Waals surface area contributed by atoms with Crippen LogP contribution in [0.15, 0.2) is 53.0 Å². The molecule has 2 aliphatic rings. The van der Waals surface area contributed by atoms with Crippen LogP contribution in [0.2, 0.25) is 0 Å². The summed E-state index contributed by atoms with van der Waals surface area (Å²) in [6.45, 7) is 2.50. The van der Waals surface area contributed by atoms with Crippen molar-refractivity contribution in [1.82, 2.24) is 15.1 Å². The zero-order valence-corrected chi connectivity index (χ0v) is 20.3. The Kier molecular flexibility index (Phi) is 7.14. The maximum absolute atomic E-state index is 13.5. The van der Waals surface area contributed by atoms with Crippen molar-refractivity contribution in [2.24, 2.45) is 5.73 Å². The molecule has 1 atom stereocenters. The second-order valence-electron chi connectivity index (χ2n) is 8.87. The topological polar surface area (TPSA) is 95.7 Å². The maximum atomic E-state index is 13.5. The summed E-state index contributed by atoms with van der Waals surface area (Å²) in [7, 11) is 0. The monoisotopic (exact) mass is 512 g/mol. The Balaban J connectivity index is 1.61. The van der Waals surface area contributed by atoms with Crippen LogP contribution in [0.3, 0.4) is 0 Å². The molecule has 174 valence electrons. The number of aryl methyl sites for hydroxylation is 1. The average molecular weight is 513 g/mol. The molecule has 1 saturated carbocycles. The van der Waals surface area contributed by atoms with Gasteiger partial charge < -0.3 is 20.9 Å². The summed E-state index contributed by atoms with van der Waals surface area (Å²) in [6, 6.07) is 14.5. The molecule has 0 aromatic heterocycles. The predicted molar refractivity (Wildman–Crippen MR) is 130 cm³/mol. The van der Waals surface area contributed by atoms with Gasteiger partial charge in [-0.25, -0.2) is 0 Å². The van der Waals surface area contributed by atoms with E-state index in [2.05, 4.69) is 21.2 Å². The lowest BCUT2D eigenvalue weighted by molar-refractivity contribution is -0.129. The van der Waals surface area contributed by atoms with Gasteiger partial charge in [0.25, 0.3) is 17.7 Å². The largest absolute Gasteiger partial charge is 0.350 e. The van der Waals surface area contributed by atoms with E-state index in [1.807, 2.05) is 25.1 Å². The smallest absolute Gasteiger partial charge is 0.264 e. The molecule has 33 heavy (non-hydrogen) atoms. The fraction of sp³-hybridized carbons (Fsp3) is 0.400. The number of nitrogens with zero attached hydrogens (tertiary/aromatic N) is 2. The fourth-order valence-electron chi connectivity index (χ4n) is 4.61. The van der Waals surface area contributed by atoms with E-state index in [4.69, 9.17) is 5.73 Å². The molecular formula is C25H29BrN4O3. The molecule has 3 amide bonds. The van der Waals surface area contributed by atoms with Crippen molar-refractivity contribution in [3.05, 3.63) is 69.7 Å². The molecule has 7 nitrogen and oxygen atoms in total. The van der Waals surface area contributed by atoms with Crippen molar-refractivity contribution in [3.63, 3.8) is 0 Å². The Morgan fingerprint density at radius 1 is 0.909 bits per heavy atom. The molecule has 0 bridgehead atoms. The van der Waals surface area contributed by atoms with Crippen LogP contribution in [0.4, 0.5) is 0 Å². The number of rotatable bonds is 4. The number of halogens is 1. The van der Waals surface area contributed by atoms with Crippen LogP contribution < -0.4 is 11.1 Å². The highest BCUT2D eigenvalue weighted by Gasteiger charge is 2.43. The minimum atomic E-state index is -1.000. The highest BCUT2D eigenvalue weighted by molar-refractivity contribution is 9.10. The van der Waals surface area contributed by atoms with Crippen LogP contribution in [0.1, 0.15) is 52.0 Å². The van der Waals surface area contributed by atoms with E-state index in [0.717, 1.165) is 35.7 Å². The molecule has 1 unspecified atom stereocenters. The predicted octanol–water partition coefficient (Wildman–Crippen LogP) is 3.07. The third-order valence-electron chi connectivity index (χ3n) is 6.38. The summed E-state index contributed by atoms with van der Waals surface area (Å²) in [6.07, 6.45) is 2.29. The first-order valence-corrected chi connectivity index (χ1v) is 12.1. The van der Waals surface area contributed by atoms with Gasteiger partial charge in [0.15, 0.2) is 6.17 Å². The van der Waals surface area contributed by atoms with Crippen molar-refractivity contribution >= 4 is 33.7 Å². The first kappa shape index (κ1) is 23.4. The number of nitrogens with two attached hydrogens (primary N) is 1. The molecule has 1 saturated heterocycles. The van der Waals surface area contributed by atoms with E-state index in [1.54, 1.807) is 30.3 Å². The van der Waals surface area contributed by atoms with Gasteiger partial charge >= 0.3 is 0 Å². The molecule has 1 aliphatic carbocycles. The quantitative estimate of drug-likeness (QED) is 0.657. The minimum absolute atomic E-state index is 0.00311. The lowest BCUT2D eigenvalue weighted by atomic mass is 9.92. The lowest BCUT2D eigenvalue weighted by Crippen LogP contribution is -2.56. The van der Waals surface area contributed by atoms with Gasteiger partial charge in [-0.05, 0) is 62.9 Å². The zero-order chi connectivity index (χ0) is 23.5. The van der Waals surface area contributed by atoms with Crippen LogP contribution in [0.25, 0.3) is 0 Å². The van der Waals surface area contributed by atoms with Gasteiger partial charge in [-0.1, -0.05) is 39.7 Å². The SMILES string of the molecule is Cc1cccc(C(=O)N2CCN(C(=O)c3cccc(Br)c3)C2C(=O)NC2CCC(N)CC2)c1. The number of benzene rings is 2. The fourth-order valence-corrected chi connectivity index (χ4v) is 5.01. The Morgan fingerprint density at radius 2 is 1.48 bits per heavy atom. The van der Waals surface area contributed by atoms with E-state index < -0.39 is 6.17 Å². The normalized spacial score (nSPS) is 22.8. The molecule has 1 heterocycles. The second kappa shape index (κ2) is 10.1. The second-order valence-corrected chi connectivity index (χ2v) is 9.79. The molecule has 1 aliphatic heterocycles. The number of hydrogen-bond donors (Lipinski definition) is 2. The molecule has 0 radical (unpaired) electrons. The van der Waals surface area contributed by atoms with Crippen molar-refractivity contribution in [2.75, 3.05) is 13.1 Å². The van der Waals surface area contributed by atoms with Crippen molar-refractivity contribution < 1.29 is 14.4 Å². The molecule has 0 spiro atoms. The summed E-state index contributed by atoms with van der Waals surface area (Å²) in [5.41, 5.74) is 7.94. The zero-order valence-electron chi connectivity index (χ0n) is 18.7. The molecular weight excluding hydrogens is 484 g/mol. The molecule has 2 fully saturated rings. The van der Waals surface area contributed by atoms with Gasteiger partial charge in [0.1, 0.15) is 0 Å². The number of amides is 3. The lowest BCUT2D eigenvalue weighted by Gasteiger charge is -2.33. The van der Waals surface area contributed by atoms with Gasteiger partial charge in [-0.15, -0.1) is 0 Å². The van der Waals surface area contributed by atoms with E-state index in [-0.39, 0.29) is 36.3 Å². The summed E-state index contributed by atoms with van der Waals surface area (Å²) >= 11 is 3.40. The number of hydrogen-bond acceptors (Lipinski definition) is 4. The van der Waals surface area contributed by atoms with Crippen LogP contribution >= 0.6 is 15.9 Å². The highest BCUT2D eigenvalue weighted by atomic mass is 79.9. The maximum Gasteiger partial charge on any atom is 0.264 e. The van der Waals surface area contributed by atoms with E-state index in [0.29, 0.717) is 17.7 Å². The Hall–Kier alpha value is -2.71. The van der Waals surface area contributed by atoms with Crippen molar-refractivity contribution in [1.29, 1.82) is 0 Å². The molecule has 2 aromatic carbocycles. The standard InChI is InChI=1S/C25H29BrN4O3/c1-16-4-2-5-17(14-16)24(32)29-12-13-30(25(33)18-6-3-7-19(26)15-18)23(29)22(31)28-21-10-8-20(27)9-11-21/h2-7,14-15,20-21,23H,8-13,27H2,1H3,(H,28,31). The van der Waals surface area contributed by atoms with Crippen LogP contribution in [-0.4, -0.2) is 58.9 Å². The van der Waals surface area contributed by atoms with E-state index >= 15 is 0 Å². The minimum Gasteiger partial charge on any atom is -0.350 e. The summed E-state index contributed by atoms with van der Waals surface area (Å²) in [4.78, 5) is 43.3. The van der Waals surface area contributed by atoms with Crippen LogP contribution in [0.5, 0.6) is 0 Å². The number of nitrogens with one attached hydrogen (secondary N) is 1. The van der Waals surface area contributed by atoms with Gasteiger partial charge in [0, 0.05) is 40.8 Å². The Labute approximate surface area is 202 Å². The highest BCUT2D eigenvalue weighted by Crippen LogP contribution is 2.24. The molecule has 8 heteroatoms.